The van der Waals surface area contributed by atoms with E-state index >= 15 is 0 Å². The van der Waals surface area contributed by atoms with Gasteiger partial charge in [0.15, 0.2) is 0 Å². The fraction of sp³-hybridized carbons (Fsp3) is 0.222. The Labute approximate surface area is 91.0 Å². The predicted molar refractivity (Wildman–Crippen MR) is 57.2 cm³/mol. The Morgan fingerprint density at radius 2 is 2.25 bits per heavy atom. The molecule has 0 atom stereocenters. The molecule has 0 heterocycles. The van der Waals surface area contributed by atoms with Gasteiger partial charge in [-0.15, -0.1) is 0 Å². The number of hydrogen-bond acceptors (Lipinski definition) is 4. The monoisotopic (exact) mass is 225 g/mol. The van der Waals surface area contributed by atoms with Crippen molar-refractivity contribution in [3.63, 3.8) is 0 Å². The second-order valence-electron chi connectivity index (χ2n) is 3.13. The lowest BCUT2D eigenvalue weighted by molar-refractivity contribution is -0.385. The number of nitrogen functional groups attached to an aromatic ring is 1. The first-order valence-corrected chi connectivity index (χ1v) is 4.50. The van der Waals surface area contributed by atoms with E-state index in [4.69, 9.17) is 10.8 Å². The number of carboxylic acid groups (broad SMARTS) is 1. The summed E-state index contributed by atoms with van der Waals surface area (Å²) < 4.78 is 0. The molecule has 1 aromatic rings. The Morgan fingerprint density at radius 1 is 1.56 bits per heavy atom. The van der Waals surface area contributed by atoms with Crippen LogP contribution in [0.3, 0.4) is 0 Å². The molecule has 7 heteroatoms. The summed E-state index contributed by atoms with van der Waals surface area (Å²) in [5.74, 6) is 0. The molecule has 0 saturated heterocycles. The lowest BCUT2D eigenvalue weighted by Crippen LogP contribution is -2.23. The van der Waals surface area contributed by atoms with Gasteiger partial charge in [0.05, 0.1) is 4.92 Å². The summed E-state index contributed by atoms with van der Waals surface area (Å²) >= 11 is 0. The lowest BCUT2D eigenvalue weighted by Gasteiger charge is -2.03. The zero-order valence-corrected chi connectivity index (χ0v) is 8.34. The zero-order chi connectivity index (χ0) is 12.1. The number of amides is 1. The number of carbonyl (C=O) groups is 1. The minimum Gasteiger partial charge on any atom is -0.465 e. The maximum Gasteiger partial charge on any atom is 0.404 e. The van der Waals surface area contributed by atoms with Crippen molar-refractivity contribution in [1.82, 2.24) is 5.32 Å². The second-order valence-corrected chi connectivity index (χ2v) is 3.13. The van der Waals surface area contributed by atoms with Crippen molar-refractivity contribution in [2.24, 2.45) is 0 Å². The molecule has 0 aliphatic heterocycles. The molecule has 0 saturated carbocycles. The quantitative estimate of drug-likeness (QED) is 0.401. The highest BCUT2D eigenvalue weighted by Crippen LogP contribution is 2.21. The van der Waals surface area contributed by atoms with Gasteiger partial charge >= 0.3 is 6.09 Å². The first-order valence-electron chi connectivity index (χ1n) is 4.50. The summed E-state index contributed by atoms with van der Waals surface area (Å²) in [4.78, 5) is 20.3. The minimum atomic E-state index is -1.15. The van der Waals surface area contributed by atoms with Gasteiger partial charge in [0, 0.05) is 23.9 Å². The van der Waals surface area contributed by atoms with Crippen LogP contribution in [0.1, 0.15) is 5.56 Å². The standard InChI is InChI=1S/C9H11N3O4/c10-7-2-1-6(3-4-11-9(13)14)8(5-7)12(15)16/h1-2,5,11H,3-4,10H2,(H,13,14). The molecular weight excluding hydrogens is 214 g/mol. The molecule has 1 rings (SSSR count). The molecular formula is C9H11N3O4. The van der Waals surface area contributed by atoms with E-state index in [0.29, 0.717) is 11.3 Å². The number of nitrogens with zero attached hydrogens (tertiary/aromatic N) is 1. The normalized spacial score (nSPS) is 9.75. The third-order valence-electron chi connectivity index (χ3n) is 1.98. The highest BCUT2D eigenvalue weighted by atomic mass is 16.6. The number of nitrogens with two attached hydrogens (primary N) is 1. The molecule has 0 fully saturated rings. The van der Waals surface area contributed by atoms with E-state index in [1.165, 1.54) is 12.1 Å². The van der Waals surface area contributed by atoms with Gasteiger partial charge in [-0.1, -0.05) is 6.07 Å². The van der Waals surface area contributed by atoms with Gasteiger partial charge in [0.1, 0.15) is 0 Å². The molecule has 0 aliphatic rings. The SMILES string of the molecule is Nc1ccc(CCNC(=O)O)c([N+](=O)[O-])c1. The molecule has 0 radical (unpaired) electrons. The number of hydrogen-bond donors (Lipinski definition) is 3. The van der Waals surface area contributed by atoms with Crippen molar-refractivity contribution in [3.05, 3.63) is 33.9 Å². The largest absolute Gasteiger partial charge is 0.465 e. The smallest absolute Gasteiger partial charge is 0.404 e. The van der Waals surface area contributed by atoms with Crippen LogP contribution in [0.5, 0.6) is 0 Å². The molecule has 0 unspecified atom stereocenters. The van der Waals surface area contributed by atoms with Gasteiger partial charge in [-0.2, -0.15) is 0 Å². The molecule has 86 valence electrons. The molecule has 0 bridgehead atoms. The van der Waals surface area contributed by atoms with Crippen LogP contribution in [-0.2, 0) is 6.42 Å². The van der Waals surface area contributed by atoms with Crippen LogP contribution in [0.15, 0.2) is 18.2 Å². The van der Waals surface area contributed by atoms with Crippen LogP contribution in [0.25, 0.3) is 0 Å². The van der Waals surface area contributed by atoms with Gasteiger partial charge in [-0.05, 0) is 12.5 Å². The molecule has 16 heavy (non-hydrogen) atoms. The molecule has 1 amide bonds. The van der Waals surface area contributed by atoms with E-state index in [0.717, 1.165) is 0 Å². The van der Waals surface area contributed by atoms with Crippen molar-refractivity contribution >= 4 is 17.5 Å². The topological polar surface area (TPSA) is 118 Å². The Hall–Kier alpha value is -2.31. The van der Waals surface area contributed by atoms with E-state index in [1.807, 2.05) is 0 Å². The number of nitro benzene ring substituents is 1. The van der Waals surface area contributed by atoms with E-state index < -0.39 is 11.0 Å². The highest BCUT2D eigenvalue weighted by Gasteiger charge is 2.13. The minimum absolute atomic E-state index is 0.0906. The molecule has 0 aromatic heterocycles. The summed E-state index contributed by atoms with van der Waals surface area (Å²) in [6.07, 6.45) is -0.902. The van der Waals surface area contributed by atoms with Gasteiger partial charge in [-0.3, -0.25) is 10.1 Å². The van der Waals surface area contributed by atoms with Crippen molar-refractivity contribution < 1.29 is 14.8 Å². The van der Waals surface area contributed by atoms with Crippen molar-refractivity contribution in [2.75, 3.05) is 12.3 Å². The maximum absolute atomic E-state index is 10.7. The fourth-order valence-electron chi connectivity index (χ4n) is 1.27. The van der Waals surface area contributed by atoms with Crippen molar-refractivity contribution in [2.45, 2.75) is 6.42 Å². The first-order chi connectivity index (χ1) is 7.50. The van der Waals surface area contributed by atoms with Crippen LogP contribution in [0, 0.1) is 10.1 Å². The van der Waals surface area contributed by atoms with Gasteiger partial charge < -0.3 is 16.2 Å². The average Bonchev–Trinajstić information content (AvgIpc) is 2.19. The summed E-state index contributed by atoms with van der Waals surface area (Å²) in [6.45, 7) is 0.125. The number of nitrogens with one attached hydrogen (secondary N) is 1. The van der Waals surface area contributed by atoms with Gasteiger partial charge in [0.25, 0.3) is 5.69 Å². The molecule has 7 nitrogen and oxygen atoms in total. The number of benzene rings is 1. The molecule has 4 N–H and O–H groups in total. The average molecular weight is 225 g/mol. The lowest BCUT2D eigenvalue weighted by atomic mass is 10.1. The van der Waals surface area contributed by atoms with Crippen molar-refractivity contribution in [1.29, 1.82) is 0 Å². The third-order valence-corrected chi connectivity index (χ3v) is 1.98. The Kier molecular flexibility index (Phi) is 3.65. The number of rotatable bonds is 4. The molecule has 0 spiro atoms. The third kappa shape index (κ3) is 3.12. The Bertz CT molecular complexity index is 419. The van der Waals surface area contributed by atoms with Crippen LogP contribution in [0.2, 0.25) is 0 Å². The van der Waals surface area contributed by atoms with Crippen LogP contribution >= 0.6 is 0 Å². The van der Waals surface area contributed by atoms with Gasteiger partial charge in [-0.25, -0.2) is 4.79 Å². The number of nitro groups is 1. The van der Waals surface area contributed by atoms with E-state index in [-0.39, 0.29) is 18.7 Å². The fourth-order valence-corrected chi connectivity index (χ4v) is 1.27. The predicted octanol–water partition coefficient (Wildman–Crippen LogP) is 0.987. The first kappa shape index (κ1) is 11.8. The van der Waals surface area contributed by atoms with Gasteiger partial charge in [0.2, 0.25) is 0 Å². The summed E-state index contributed by atoms with van der Waals surface area (Å²) in [5.41, 5.74) is 6.10. The molecule has 0 aliphatic carbocycles. The van der Waals surface area contributed by atoms with E-state index in [9.17, 15) is 14.9 Å². The maximum atomic E-state index is 10.7. The van der Waals surface area contributed by atoms with E-state index in [2.05, 4.69) is 5.32 Å². The molecule has 1 aromatic carbocycles. The van der Waals surface area contributed by atoms with Crippen LogP contribution < -0.4 is 11.1 Å². The highest BCUT2D eigenvalue weighted by molar-refractivity contribution is 5.64. The second kappa shape index (κ2) is 4.96. The van der Waals surface area contributed by atoms with E-state index in [1.54, 1.807) is 6.07 Å². The summed E-state index contributed by atoms with van der Waals surface area (Å²) in [6, 6.07) is 4.33. The van der Waals surface area contributed by atoms with Crippen LogP contribution in [0.4, 0.5) is 16.2 Å². The zero-order valence-electron chi connectivity index (χ0n) is 8.34. The summed E-state index contributed by atoms with van der Waals surface area (Å²) in [5, 5.41) is 21.2. The Balaban J connectivity index is 2.78. The summed E-state index contributed by atoms with van der Waals surface area (Å²) in [7, 11) is 0. The Morgan fingerprint density at radius 3 is 2.81 bits per heavy atom. The number of anilines is 1. The van der Waals surface area contributed by atoms with Crippen LogP contribution in [-0.4, -0.2) is 22.7 Å². The van der Waals surface area contributed by atoms with Crippen molar-refractivity contribution in [3.8, 4) is 0 Å².